The molecular weight excluding hydrogens is 205 g/mol. The lowest BCUT2D eigenvalue weighted by Gasteiger charge is -2.27. The SMILES string of the molecule is Cc1cn(C2CCC2)c2ncc(N)c(F)c12. The van der Waals surface area contributed by atoms with Gasteiger partial charge in [0, 0.05) is 12.2 Å². The van der Waals surface area contributed by atoms with Gasteiger partial charge in [-0.25, -0.2) is 9.37 Å². The van der Waals surface area contributed by atoms with Gasteiger partial charge in [0.1, 0.15) is 5.65 Å². The van der Waals surface area contributed by atoms with E-state index < -0.39 is 0 Å². The highest BCUT2D eigenvalue weighted by Crippen LogP contribution is 2.36. The number of rotatable bonds is 1. The van der Waals surface area contributed by atoms with Crippen LogP contribution in [0.4, 0.5) is 10.1 Å². The Morgan fingerprint density at radius 3 is 2.88 bits per heavy atom. The van der Waals surface area contributed by atoms with Gasteiger partial charge in [-0.3, -0.25) is 0 Å². The van der Waals surface area contributed by atoms with Gasteiger partial charge < -0.3 is 10.3 Å². The predicted octanol–water partition coefficient (Wildman–Crippen LogP) is 2.79. The van der Waals surface area contributed by atoms with E-state index in [1.165, 1.54) is 12.6 Å². The second-order valence-electron chi connectivity index (χ2n) is 4.53. The maximum atomic E-state index is 13.9. The van der Waals surface area contributed by atoms with Gasteiger partial charge in [-0.05, 0) is 31.7 Å². The summed E-state index contributed by atoms with van der Waals surface area (Å²) in [6.07, 6.45) is 6.98. The minimum absolute atomic E-state index is 0.127. The molecule has 0 spiro atoms. The van der Waals surface area contributed by atoms with Crippen LogP contribution in [0.5, 0.6) is 0 Å². The van der Waals surface area contributed by atoms with E-state index in [0.717, 1.165) is 24.1 Å². The Morgan fingerprint density at radius 2 is 2.25 bits per heavy atom. The molecule has 2 N–H and O–H groups in total. The number of aromatic nitrogens is 2. The lowest BCUT2D eigenvalue weighted by atomic mass is 9.93. The van der Waals surface area contributed by atoms with Gasteiger partial charge in [0.05, 0.1) is 17.3 Å². The summed E-state index contributed by atoms with van der Waals surface area (Å²) < 4.78 is 16.0. The second kappa shape index (κ2) is 3.20. The first-order valence-corrected chi connectivity index (χ1v) is 5.59. The molecule has 0 unspecified atom stereocenters. The van der Waals surface area contributed by atoms with Crippen molar-refractivity contribution in [1.29, 1.82) is 0 Å². The highest BCUT2D eigenvalue weighted by atomic mass is 19.1. The normalized spacial score (nSPS) is 16.6. The molecule has 3 rings (SSSR count). The number of aryl methyl sites for hydroxylation is 1. The minimum atomic E-state index is -0.333. The van der Waals surface area contributed by atoms with E-state index in [2.05, 4.69) is 9.55 Å². The summed E-state index contributed by atoms with van der Waals surface area (Å²) in [7, 11) is 0. The largest absolute Gasteiger partial charge is 0.395 e. The van der Waals surface area contributed by atoms with Crippen LogP contribution in [-0.2, 0) is 0 Å². The van der Waals surface area contributed by atoms with E-state index in [1.54, 1.807) is 0 Å². The number of nitrogens with zero attached hydrogens (tertiary/aromatic N) is 2. The van der Waals surface area contributed by atoms with Crippen molar-refractivity contribution in [2.75, 3.05) is 5.73 Å². The molecule has 84 valence electrons. The topological polar surface area (TPSA) is 43.8 Å². The Labute approximate surface area is 93.1 Å². The van der Waals surface area contributed by atoms with Crippen molar-refractivity contribution < 1.29 is 4.39 Å². The van der Waals surface area contributed by atoms with Crippen LogP contribution in [0.15, 0.2) is 12.4 Å². The van der Waals surface area contributed by atoms with Gasteiger partial charge in [0.15, 0.2) is 5.82 Å². The molecule has 0 aromatic carbocycles. The van der Waals surface area contributed by atoms with Crippen molar-refractivity contribution in [3.8, 4) is 0 Å². The van der Waals surface area contributed by atoms with Gasteiger partial charge in [-0.2, -0.15) is 0 Å². The van der Waals surface area contributed by atoms with E-state index in [-0.39, 0.29) is 11.5 Å². The zero-order valence-corrected chi connectivity index (χ0v) is 9.20. The molecule has 2 aromatic heterocycles. The molecule has 2 heterocycles. The molecule has 1 aliphatic rings. The number of hydrogen-bond donors (Lipinski definition) is 1. The van der Waals surface area contributed by atoms with E-state index in [0.29, 0.717) is 11.4 Å². The summed E-state index contributed by atoms with van der Waals surface area (Å²) >= 11 is 0. The van der Waals surface area contributed by atoms with Gasteiger partial charge in [-0.15, -0.1) is 0 Å². The molecule has 0 radical (unpaired) electrons. The minimum Gasteiger partial charge on any atom is -0.395 e. The smallest absolute Gasteiger partial charge is 0.158 e. The maximum absolute atomic E-state index is 13.9. The van der Waals surface area contributed by atoms with E-state index in [4.69, 9.17) is 5.73 Å². The first-order valence-electron chi connectivity index (χ1n) is 5.59. The lowest BCUT2D eigenvalue weighted by Crippen LogP contribution is -2.16. The van der Waals surface area contributed by atoms with Crippen LogP contribution in [0.3, 0.4) is 0 Å². The molecular formula is C12H14FN3. The first-order chi connectivity index (χ1) is 7.68. The number of fused-ring (bicyclic) bond motifs is 1. The van der Waals surface area contributed by atoms with Crippen LogP contribution >= 0.6 is 0 Å². The quantitative estimate of drug-likeness (QED) is 0.801. The van der Waals surface area contributed by atoms with Crippen molar-refractivity contribution in [3.05, 3.63) is 23.8 Å². The number of anilines is 1. The molecule has 0 amide bonds. The molecule has 0 bridgehead atoms. The van der Waals surface area contributed by atoms with Crippen LogP contribution in [-0.4, -0.2) is 9.55 Å². The Balaban J connectivity index is 2.28. The molecule has 0 aliphatic heterocycles. The third kappa shape index (κ3) is 1.16. The third-order valence-electron chi connectivity index (χ3n) is 3.46. The van der Waals surface area contributed by atoms with Gasteiger partial charge in [0.2, 0.25) is 0 Å². The Hall–Kier alpha value is -1.58. The Kier molecular flexibility index (Phi) is 1.93. The van der Waals surface area contributed by atoms with Crippen molar-refractivity contribution in [3.63, 3.8) is 0 Å². The molecule has 1 fully saturated rings. The zero-order valence-electron chi connectivity index (χ0n) is 9.20. The maximum Gasteiger partial charge on any atom is 0.158 e. The van der Waals surface area contributed by atoms with Crippen LogP contribution in [0, 0.1) is 12.7 Å². The monoisotopic (exact) mass is 219 g/mol. The molecule has 3 nitrogen and oxygen atoms in total. The Morgan fingerprint density at radius 1 is 1.50 bits per heavy atom. The summed E-state index contributed by atoms with van der Waals surface area (Å²) in [5.41, 5.74) is 7.31. The molecule has 2 aromatic rings. The highest BCUT2D eigenvalue weighted by Gasteiger charge is 2.23. The van der Waals surface area contributed by atoms with Gasteiger partial charge >= 0.3 is 0 Å². The Bertz CT molecular complexity index is 555. The molecule has 16 heavy (non-hydrogen) atoms. The summed E-state index contributed by atoms with van der Waals surface area (Å²) in [5.74, 6) is -0.333. The van der Waals surface area contributed by atoms with E-state index >= 15 is 0 Å². The second-order valence-corrected chi connectivity index (χ2v) is 4.53. The molecule has 4 heteroatoms. The lowest BCUT2D eigenvalue weighted by molar-refractivity contribution is 0.320. The number of nitrogens with two attached hydrogens (primary N) is 1. The summed E-state index contributed by atoms with van der Waals surface area (Å²) in [5, 5.41) is 0.576. The van der Waals surface area contributed by atoms with Crippen molar-refractivity contribution >= 4 is 16.7 Å². The average molecular weight is 219 g/mol. The summed E-state index contributed by atoms with van der Waals surface area (Å²) in [6, 6.07) is 0.492. The fourth-order valence-corrected chi connectivity index (χ4v) is 2.32. The van der Waals surface area contributed by atoms with Crippen LogP contribution in [0.25, 0.3) is 11.0 Å². The van der Waals surface area contributed by atoms with Gasteiger partial charge in [0.25, 0.3) is 0 Å². The summed E-state index contributed by atoms with van der Waals surface area (Å²) in [6.45, 7) is 1.90. The van der Waals surface area contributed by atoms with Crippen molar-refractivity contribution in [2.24, 2.45) is 0 Å². The zero-order chi connectivity index (χ0) is 11.3. The average Bonchev–Trinajstić information content (AvgIpc) is 2.48. The standard InChI is InChI=1S/C12H14FN3/c1-7-6-16(8-3-2-4-8)12-10(7)11(13)9(14)5-15-12/h5-6,8H,2-4,14H2,1H3. The first kappa shape index (κ1) is 9.63. The van der Waals surface area contributed by atoms with E-state index in [1.807, 2.05) is 13.1 Å². The number of pyridine rings is 1. The fourth-order valence-electron chi connectivity index (χ4n) is 2.32. The van der Waals surface area contributed by atoms with Crippen LogP contribution < -0.4 is 5.73 Å². The molecule has 0 atom stereocenters. The van der Waals surface area contributed by atoms with Crippen LogP contribution in [0.2, 0.25) is 0 Å². The number of hydrogen-bond acceptors (Lipinski definition) is 2. The third-order valence-corrected chi connectivity index (χ3v) is 3.46. The fraction of sp³-hybridized carbons (Fsp3) is 0.417. The van der Waals surface area contributed by atoms with Crippen molar-refractivity contribution in [2.45, 2.75) is 32.2 Å². The number of halogens is 1. The van der Waals surface area contributed by atoms with Gasteiger partial charge in [-0.1, -0.05) is 0 Å². The predicted molar refractivity (Wildman–Crippen MR) is 61.7 cm³/mol. The molecule has 1 aliphatic carbocycles. The summed E-state index contributed by atoms with van der Waals surface area (Å²) in [4.78, 5) is 4.26. The van der Waals surface area contributed by atoms with Crippen molar-refractivity contribution in [1.82, 2.24) is 9.55 Å². The molecule has 0 saturated heterocycles. The molecule has 1 saturated carbocycles. The van der Waals surface area contributed by atoms with Crippen LogP contribution in [0.1, 0.15) is 30.9 Å². The van der Waals surface area contributed by atoms with E-state index in [9.17, 15) is 4.39 Å². The number of nitrogen functional groups attached to an aromatic ring is 1. The highest BCUT2D eigenvalue weighted by molar-refractivity contribution is 5.84.